The van der Waals surface area contributed by atoms with Crippen LogP contribution >= 0.6 is 15.9 Å². The van der Waals surface area contributed by atoms with Gasteiger partial charge in [-0.15, -0.1) is 5.10 Å². The topological polar surface area (TPSA) is 30.7 Å². The van der Waals surface area contributed by atoms with Crippen LogP contribution in [0.25, 0.3) is 0 Å². The predicted molar refractivity (Wildman–Crippen MR) is 42.7 cm³/mol. The first-order valence-corrected chi connectivity index (χ1v) is 3.88. The summed E-state index contributed by atoms with van der Waals surface area (Å²) in [5, 5.41) is 7.72. The Hall–Kier alpha value is -0.380. The van der Waals surface area contributed by atoms with E-state index in [1.54, 1.807) is 0 Å². The second-order valence-corrected chi connectivity index (χ2v) is 3.97. The Balaban J connectivity index is 2.96. The molecule has 0 unspecified atom stereocenters. The van der Waals surface area contributed by atoms with Crippen molar-refractivity contribution in [3.8, 4) is 0 Å². The summed E-state index contributed by atoms with van der Waals surface area (Å²) in [7, 11) is 0. The highest BCUT2D eigenvalue weighted by atomic mass is 79.9. The van der Waals surface area contributed by atoms with Gasteiger partial charge in [0.05, 0.1) is 11.7 Å². The quantitative estimate of drug-likeness (QED) is 0.645. The van der Waals surface area contributed by atoms with Gasteiger partial charge in [-0.25, -0.2) is 4.68 Å². The van der Waals surface area contributed by atoms with E-state index in [4.69, 9.17) is 0 Å². The summed E-state index contributed by atoms with van der Waals surface area (Å²) in [6.07, 6.45) is 1.86. The average Bonchev–Trinajstić information content (AvgIpc) is 2.11. The van der Waals surface area contributed by atoms with Crippen molar-refractivity contribution in [3.63, 3.8) is 0 Å². The van der Waals surface area contributed by atoms with Gasteiger partial charge in [0, 0.05) is 0 Å². The Kier molecular flexibility index (Phi) is 1.81. The second-order valence-electron chi connectivity index (χ2n) is 3.16. The highest BCUT2D eigenvalue weighted by molar-refractivity contribution is 9.10. The third kappa shape index (κ3) is 1.56. The molecule has 56 valence electrons. The van der Waals surface area contributed by atoms with Crippen LogP contribution in [0.5, 0.6) is 0 Å². The molecule has 0 aliphatic heterocycles. The maximum atomic E-state index is 3.91. The van der Waals surface area contributed by atoms with Crippen molar-refractivity contribution >= 4 is 15.9 Å². The minimum absolute atomic E-state index is 0.0268. The van der Waals surface area contributed by atoms with Gasteiger partial charge in [0.25, 0.3) is 0 Å². The summed E-state index contributed by atoms with van der Waals surface area (Å²) in [6, 6.07) is 0. The molecule has 0 aliphatic carbocycles. The van der Waals surface area contributed by atoms with Crippen LogP contribution in [0.4, 0.5) is 0 Å². The Bertz CT molecular complexity index is 223. The van der Waals surface area contributed by atoms with Gasteiger partial charge in [0.2, 0.25) is 0 Å². The molecular weight excluding hydrogens is 194 g/mol. The monoisotopic (exact) mass is 203 g/mol. The van der Waals surface area contributed by atoms with Crippen LogP contribution in [0.3, 0.4) is 0 Å². The highest BCUT2D eigenvalue weighted by Crippen LogP contribution is 2.13. The van der Waals surface area contributed by atoms with E-state index in [9.17, 15) is 0 Å². The molecule has 0 saturated carbocycles. The van der Waals surface area contributed by atoms with Gasteiger partial charge in [0.1, 0.15) is 4.60 Å². The fraction of sp³-hybridized carbons (Fsp3) is 0.667. The van der Waals surface area contributed by atoms with Crippen molar-refractivity contribution in [2.75, 3.05) is 0 Å². The zero-order chi connectivity index (χ0) is 7.78. The maximum absolute atomic E-state index is 3.91. The van der Waals surface area contributed by atoms with Crippen LogP contribution in [-0.2, 0) is 5.54 Å². The van der Waals surface area contributed by atoms with Gasteiger partial charge in [-0.3, -0.25) is 0 Å². The molecule has 1 heterocycles. The zero-order valence-corrected chi connectivity index (χ0v) is 7.88. The number of nitrogens with zero attached hydrogens (tertiary/aromatic N) is 3. The van der Waals surface area contributed by atoms with E-state index < -0.39 is 0 Å². The molecule has 1 aromatic heterocycles. The molecule has 0 aromatic carbocycles. The van der Waals surface area contributed by atoms with E-state index in [0.29, 0.717) is 0 Å². The summed E-state index contributed by atoms with van der Waals surface area (Å²) in [4.78, 5) is 0. The standard InChI is InChI=1S/C6H10BrN3/c1-6(2,3)10-4-5(7)8-9-10/h4H,1-3H3. The van der Waals surface area contributed by atoms with Crippen molar-refractivity contribution in [2.45, 2.75) is 26.3 Å². The highest BCUT2D eigenvalue weighted by Gasteiger charge is 2.13. The van der Waals surface area contributed by atoms with Crippen molar-refractivity contribution < 1.29 is 0 Å². The van der Waals surface area contributed by atoms with E-state index in [1.807, 2.05) is 10.9 Å². The molecule has 10 heavy (non-hydrogen) atoms. The van der Waals surface area contributed by atoms with Crippen LogP contribution in [0.15, 0.2) is 10.8 Å². The third-order valence-electron chi connectivity index (χ3n) is 1.15. The molecule has 0 N–H and O–H groups in total. The molecule has 0 radical (unpaired) electrons. The minimum Gasteiger partial charge on any atom is -0.246 e. The van der Waals surface area contributed by atoms with Crippen molar-refractivity contribution in [3.05, 3.63) is 10.8 Å². The smallest absolute Gasteiger partial charge is 0.148 e. The average molecular weight is 204 g/mol. The SMILES string of the molecule is CC(C)(C)n1cc(Br)nn1. The summed E-state index contributed by atoms with van der Waals surface area (Å²) in [5.41, 5.74) is 0.0268. The molecule has 0 amide bonds. The van der Waals surface area contributed by atoms with Crippen molar-refractivity contribution in [1.29, 1.82) is 0 Å². The summed E-state index contributed by atoms with van der Waals surface area (Å²) >= 11 is 3.23. The van der Waals surface area contributed by atoms with Crippen LogP contribution in [-0.4, -0.2) is 15.0 Å². The molecule has 0 saturated heterocycles. The fourth-order valence-electron chi connectivity index (χ4n) is 0.571. The first kappa shape index (κ1) is 7.72. The molecule has 0 spiro atoms. The van der Waals surface area contributed by atoms with Crippen molar-refractivity contribution in [1.82, 2.24) is 15.0 Å². The third-order valence-corrected chi connectivity index (χ3v) is 1.52. The van der Waals surface area contributed by atoms with Gasteiger partial charge in [-0.05, 0) is 36.7 Å². The normalized spacial score (nSPS) is 12.0. The number of rotatable bonds is 0. The zero-order valence-electron chi connectivity index (χ0n) is 6.30. The van der Waals surface area contributed by atoms with Gasteiger partial charge in [0.15, 0.2) is 0 Å². The molecule has 4 heteroatoms. The summed E-state index contributed by atoms with van der Waals surface area (Å²) in [6.45, 7) is 6.23. The maximum Gasteiger partial charge on any atom is 0.148 e. The van der Waals surface area contributed by atoms with Gasteiger partial charge in [-0.1, -0.05) is 5.21 Å². The predicted octanol–water partition coefficient (Wildman–Crippen LogP) is 1.80. The molecule has 3 nitrogen and oxygen atoms in total. The lowest BCUT2D eigenvalue weighted by Crippen LogP contribution is -2.22. The molecule has 0 aliphatic rings. The van der Waals surface area contributed by atoms with Crippen LogP contribution in [0.2, 0.25) is 0 Å². The fourth-order valence-corrected chi connectivity index (χ4v) is 0.836. The van der Waals surface area contributed by atoms with Crippen molar-refractivity contribution in [2.24, 2.45) is 0 Å². The molecular formula is C6H10BrN3. The largest absolute Gasteiger partial charge is 0.246 e. The molecule has 0 bridgehead atoms. The van der Waals surface area contributed by atoms with E-state index in [0.717, 1.165) is 4.60 Å². The van der Waals surface area contributed by atoms with Gasteiger partial charge < -0.3 is 0 Å². The van der Waals surface area contributed by atoms with Gasteiger partial charge >= 0.3 is 0 Å². The Morgan fingerprint density at radius 3 is 2.30 bits per heavy atom. The lowest BCUT2D eigenvalue weighted by Gasteiger charge is -2.17. The second kappa shape index (κ2) is 2.34. The van der Waals surface area contributed by atoms with Gasteiger partial charge in [-0.2, -0.15) is 0 Å². The lowest BCUT2D eigenvalue weighted by atomic mass is 10.1. The van der Waals surface area contributed by atoms with E-state index >= 15 is 0 Å². The van der Waals surface area contributed by atoms with Crippen LogP contribution < -0.4 is 0 Å². The molecule has 0 fully saturated rings. The minimum atomic E-state index is 0.0268. The molecule has 1 aromatic rings. The lowest BCUT2D eigenvalue weighted by molar-refractivity contribution is 0.347. The first-order chi connectivity index (χ1) is 4.50. The Labute approximate surface area is 68.6 Å². The van der Waals surface area contributed by atoms with Crippen LogP contribution in [0.1, 0.15) is 20.8 Å². The summed E-state index contributed by atoms with van der Waals surface area (Å²) in [5.74, 6) is 0. The molecule has 1 rings (SSSR count). The van der Waals surface area contributed by atoms with Crippen LogP contribution in [0, 0.1) is 0 Å². The number of hydrogen-bond donors (Lipinski definition) is 0. The van der Waals surface area contributed by atoms with E-state index in [-0.39, 0.29) is 5.54 Å². The first-order valence-electron chi connectivity index (χ1n) is 3.08. The number of hydrogen-bond acceptors (Lipinski definition) is 2. The van der Waals surface area contributed by atoms with E-state index in [1.165, 1.54) is 0 Å². The summed E-state index contributed by atoms with van der Waals surface area (Å²) < 4.78 is 2.60. The number of halogens is 1. The Morgan fingerprint density at radius 1 is 1.50 bits per heavy atom. The Morgan fingerprint density at radius 2 is 2.10 bits per heavy atom. The number of aromatic nitrogens is 3. The molecule has 0 atom stereocenters. The van der Waals surface area contributed by atoms with E-state index in [2.05, 4.69) is 47.0 Å².